The lowest BCUT2D eigenvalue weighted by atomic mass is 9.99. The molecule has 1 aliphatic heterocycles. The van der Waals surface area contributed by atoms with Gasteiger partial charge in [0.2, 0.25) is 11.8 Å². The first-order valence-corrected chi connectivity index (χ1v) is 8.16. The second-order valence-electron chi connectivity index (χ2n) is 5.97. The molecule has 126 valence electrons. The highest BCUT2D eigenvalue weighted by Crippen LogP contribution is 2.24. The van der Waals surface area contributed by atoms with Gasteiger partial charge in [0.05, 0.1) is 13.5 Å². The van der Waals surface area contributed by atoms with Crippen LogP contribution in [0.15, 0.2) is 12.1 Å². The van der Waals surface area contributed by atoms with Crippen LogP contribution in [0.4, 0.5) is 0 Å². The van der Waals surface area contributed by atoms with Crippen LogP contribution in [0.25, 0.3) is 0 Å². The van der Waals surface area contributed by atoms with Gasteiger partial charge in [-0.25, -0.2) is 0 Å². The molecule has 0 saturated carbocycles. The SMILES string of the molecule is CCC(=O)N1CCN(C(=O)Cc2ccc(OC)c(C)c2C)CC1. The van der Waals surface area contributed by atoms with Crippen LogP contribution in [0, 0.1) is 13.8 Å². The van der Waals surface area contributed by atoms with E-state index in [4.69, 9.17) is 4.74 Å². The molecule has 1 aromatic carbocycles. The summed E-state index contributed by atoms with van der Waals surface area (Å²) in [5, 5.41) is 0. The number of ether oxygens (including phenoxy) is 1. The Morgan fingerprint density at radius 1 is 1.00 bits per heavy atom. The van der Waals surface area contributed by atoms with E-state index in [0.29, 0.717) is 39.0 Å². The maximum Gasteiger partial charge on any atom is 0.227 e. The minimum absolute atomic E-state index is 0.126. The van der Waals surface area contributed by atoms with Gasteiger partial charge in [-0.2, -0.15) is 0 Å². The maximum atomic E-state index is 12.5. The molecule has 0 atom stereocenters. The van der Waals surface area contributed by atoms with Crippen LogP contribution in [-0.2, 0) is 16.0 Å². The van der Waals surface area contributed by atoms with Gasteiger partial charge in [-0.3, -0.25) is 9.59 Å². The molecule has 1 fully saturated rings. The first-order valence-electron chi connectivity index (χ1n) is 8.16. The quantitative estimate of drug-likeness (QED) is 0.852. The zero-order chi connectivity index (χ0) is 17.0. The first kappa shape index (κ1) is 17.3. The molecule has 0 radical (unpaired) electrons. The molecule has 1 saturated heterocycles. The molecule has 1 aliphatic rings. The normalized spacial score (nSPS) is 14.8. The molecule has 0 bridgehead atoms. The van der Waals surface area contributed by atoms with Gasteiger partial charge in [0.15, 0.2) is 0 Å². The topological polar surface area (TPSA) is 49.9 Å². The van der Waals surface area contributed by atoms with E-state index in [0.717, 1.165) is 22.4 Å². The summed E-state index contributed by atoms with van der Waals surface area (Å²) in [6.07, 6.45) is 0.927. The van der Waals surface area contributed by atoms with Crippen molar-refractivity contribution in [3.8, 4) is 5.75 Å². The van der Waals surface area contributed by atoms with E-state index in [1.807, 2.05) is 42.7 Å². The summed E-state index contributed by atoms with van der Waals surface area (Å²) in [6.45, 7) is 8.43. The van der Waals surface area contributed by atoms with Crippen molar-refractivity contribution in [3.63, 3.8) is 0 Å². The third kappa shape index (κ3) is 3.84. The predicted molar refractivity (Wildman–Crippen MR) is 89.6 cm³/mol. The highest BCUT2D eigenvalue weighted by atomic mass is 16.5. The number of nitrogens with zero attached hydrogens (tertiary/aromatic N) is 2. The van der Waals surface area contributed by atoms with Crippen LogP contribution in [0.1, 0.15) is 30.0 Å². The van der Waals surface area contributed by atoms with Crippen LogP contribution in [-0.4, -0.2) is 54.9 Å². The van der Waals surface area contributed by atoms with Crippen molar-refractivity contribution < 1.29 is 14.3 Å². The number of methoxy groups -OCH3 is 1. The van der Waals surface area contributed by atoms with Crippen molar-refractivity contribution in [2.45, 2.75) is 33.6 Å². The summed E-state index contributed by atoms with van der Waals surface area (Å²) in [7, 11) is 1.66. The van der Waals surface area contributed by atoms with Crippen LogP contribution in [0.3, 0.4) is 0 Å². The third-order valence-electron chi connectivity index (χ3n) is 4.70. The van der Waals surface area contributed by atoms with Crippen molar-refractivity contribution in [1.29, 1.82) is 0 Å². The van der Waals surface area contributed by atoms with Crippen molar-refractivity contribution in [2.24, 2.45) is 0 Å². The Balaban J connectivity index is 1.98. The lowest BCUT2D eigenvalue weighted by Gasteiger charge is -2.35. The van der Waals surface area contributed by atoms with Crippen molar-refractivity contribution in [1.82, 2.24) is 9.80 Å². The second kappa shape index (κ2) is 7.49. The van der Waals surface area contributed by atoms with Crippen molar-refractivity contribution in [2.75, 3.05) is 33.3 Å². The molecule has 2 rings (SSSR count). The molecular weight excluding hydrogens is 292 g/mol. The first-order chi connectivity index (χ1) is 11.0. The number of hydrogen-bond acceptors (Lipinski definition) is 3. The van der Waals surface area contributed by atoms with Gasteiger partial charge in [0, 0.05) is 32.6 Å². The fraction of sp³-hybridized carbons (Fsp3) is 0.556. The second-order valence-corrected chi connectivity index (χ2v) is 5.97. The van der Waals surface area contributed by atoms with E-state index in [1.54, 1.807) is 7.11 Å². The molecule has 0 aliphatic carbocycles. The van der Waals surface area contributed by atoms with Crippen LogP contribution >= 0.6 is 0 Å². The number of carbonyl (C=O) groups is 2. The van der Waals surface area contributed by atoms with Crippen molar-refractivity contribution >= 4 is 11.8 Å². The van der Waals surface area contributed by atoms with Crippen molar-refractivity contribution in [3.05, 3.63) is 28.8 Å². The minimum atomic E-state index is 0.126. The Labute approximate surface area is 138 Å². The third-order valence-corrected chi connectivity index (χ3v) is 4.70. The number of hydrogen-bond donors (Lipinski definition) is 0. The van der Waals surface area contributed by atoms with E-state index in [9.17, 15) is 9.59 Å². The molecule has 1 heterocycles. The van der Waals surface area contributed by atoms with E-state index >= 15 is 0 Å². The number of amides is 2. The standard InChI is InChI=1S/C18H26N2O3/c1-5-17(21)19-8-10-20(11-9-19)18(22)12-15-6-7-16(23-4)14(3)13(15)2/h6-7H,5,8-12H2,1-4H3. The number of benzene rings is 1. The largest absolute Gasteiger partial charge is 0.496 e. The Kier molecular flexibility index (Phi) is 5.64. The smallest absolute Gasteiger partial charge is 0.227 e. The Morgan fingerprint density at radius 3 is 2.09 bits per heavy atom. The molecule has 2 amide bonds. The molecule has 5 heteroatoms. The monoisotopic (exact) mass is 318 g/mol. The molecule has 0 unspecified atom stereocenters. The van der Waals surface area contributed by atoms with Gasteiger partial charge >= 0.3 is 0 Å². The summed E-state index contributed by atoms with van der Waals surface area (Å²) < 4.78 is 5.31. The number of carbonyl (C=O) groups excluding carboxylic acids is 2. The average molecular weight is 318 g/mol. The molecule has 1 aromatic rings. The minimum Gasteiger partial charge on any atom is -0.496 e. The maximum absolute atomic E-state index is 12.5. The fourth-order valence-electron chi connectivity index (χ4n) is 2.97. The summed E-state index contributed by atoms with van der Waals surface area (Å²) >= 11 is 0. The van der Waals surface area contributed by atoms with Gasteiger partial charge < -0.3 is 14.5 Å². The van der Waals surface area contributed by atoms with Gasteiger partial charge in [0.1, 0.15) is 5.75 Å². The van der Waals surface area contributed by atoms with E-state index in [1.165, 1.54) is 0 Å². The lowest BCUT2D eigenvalue weighted by molar-refractivity contribution is -0.139. The molecule has 0 aromatic heterocycles. The van der Waals surface area contributed by atoms with Crippen LogP contribution in [0.5, 0.6) is 5.75 Å². The predicted octanol–water partition coefficient (Wildman–Crippen LogP) is 1.94. The Morgan fingerprint density at radius 2 is 1.57 bits per heavy atom. The fourth-order valence-corrected chi connectivity index (χ4v) is 2.97. The van der Waals surface area contributed by atoms with E-state index in [2.05, 4.69) is 0 Å². The van der Waals surface area contributed by atoms with E-state index < -0.39 is 0 Å². The van der Waals surface area contributed by atoms with Gasteiger partial charge in [-0.15, -0.1) is 0 Å². The number of piperazine rings is 1. The zero-order valence-electron chi connectivity index (χ0n) is 14.5. The highest BCUT2D eigenvalue weighted by molar-refractivity contribution is 5.80. The lowest BCUT2D eigenvalue weighted by Crippen LogP contribution is -2.50. The zero-order valence-corrected chi connectivity index (χ0v) is 14.5. The highest BCUT2D eigenvalue weighted by Gasteiger charge is 2.23. The molecule has 23 heavy (non-hydrogen) atoms. The number of rotatable bonds is 4. The van der Waals surface area contributed by atoms with Crippen LogP contribution in [0.2, 0.25) is 0 Å². The summed E-state index contributed by atoms with van der Waals surface area (Å²) in [5.41, 5.74) is 3.23. The molecular formula is C18H26N2O3. The summed E-state index contributed by atoms with van der Waals surface area (Å²) in [4.78, 5) is 27.9. The Bertz CT molecular complexity index is 590. The molecule has 0 spiro atoms. The molecule has 0 N–H and O–H groups in total. The average Bonchev–Trinajstić information content (AvgIpc) is 2.58. The van der Waals surface area contributed by atoms with E-state index in [-0.39, 0.29) is 11.8 Å². The van der Waals surface area contributed by atoms with Gasteiger partial charge in [-0.05, 0) is 36.6 Å². The summed E-state index contributed by atoms with van der Waals surface area (Å²) in [5.74, 6) is 1.14. The van der Waals surface area contributed by atoms with Gasteiger partial charge in [0.25, 0.3) is 0 Å². The summed E-state index contributed by atoms with van der Waals surface area (Å²) in [6, 6.07) is 3.89. The van der Waals surface area contributed by atoms with Crippen LogP contribution < -0.4 is 4.74 Å². The van der Waals surface area contributed by atoms with Gasteiger partial charge in [-0.1, -0.05) is 13.0 Å². The Hall–Kier alpha value is -2.04. The molecule has 5 nitrogen and oxygen atoms in total.